The maximum absolute atomic E-state index is 9.40. The van der Waals surface area contributed by atoms with E-state index in [-0.39, 0.29) is 0 Å². The molecule has 0 fully saturated rings. The zero-order valence-electron chi connectivity index (χ0n) is 6.78. The van der Waals surface area contributed by atoms with Crippen LogP contribution in [0.4, 0.5) is 0 Å². The van der Waals surface area contributed by atoms with Gasteiger partial charge in [0, 0.05) is 5.39 Å². The summed E-state index contributed by atoms with van der Waals surface area (Å²) in [4.78, 5) is 0. The molecule has 0 aliphatic rings. The van der Waals surface area contributed by atoms with E-state index in [1.807, 2.05) is 18.2 Å². The van der Waals surface area contributed by atoms with Crippen LogP contribution in [0.15, 0.2) is 24.4 Å². The van der Waals surface area contributed by atoms with Crippen molar-refractivity contribution in [2.75, 3.05) is 0 Å². The molecular formula is C9H10N2O. The Bertz CT molecular complexity index is 392. The molecule has 12 heavy (non-hydrogen) atoms. The van der Waals surface area contributed by atoms with E-state index in [9.17, 15) is 5.11 Å². The van der Waals surface area contributed by atoms with Gasteiger partial charge in [-0.05, 0) is 18.6 Å². The van der Waals surface area contributed by atoms with Gasteiger partial charge in [0.1, 0.15) is 0 Å². The lowest BCUT2D eigenvalue weighted by atomic mass is 10.1. The minimum absolute atomic E-state index is 0.439. The monoisotopic (exact) mass is 162 g/mol. The van der Waals surface area contributed by atoms with E-state index in [1.165, 1.54) is 0 Å². The van der Waals surface area contributed by atoms with Gasteiger partial charge in [-0.1, -0.05) is 12.1 Å². The Morgan fingerprint density at radius 2 is 2.33 bits per heavy atom. The maximum atomic E-state index is 9.40. The number of aromatic nitrogens is 2. The van der Waals surface area contributed by atoms with Gasteiger partial charge >= 0.3 is 0 Å². The van der Waals surface area contributed by atoms with Crippen molar-refractivity contribution in [2.24, 2.45) is 0 Å². The quantitative estimate of drug-likeness (QED) is 0.669. The number of nitrogens with zero attached hydrogens (tertiary/aromatic N) is 1. The fourth-order valence-electron chi connectivity index (χ4n) is 1.36. The molecule has 1 atom stereocenters. The fraction of sp³-hybridized carbons (Fsp3) is 0.222. The molecule has 1 aromatic heterocycles. The first-order chi connectivity index (χ1) is 5.79. The number of rotatable bonds is 1. The van der Waals surface area contributed by atoms with Gasteiger partial charge in [-0.25, -0.2) is 0 Å². The van der Waals surface area contributed by atoms with E-state index in [1.54, 1.807) is 13.1 Å². The lowest BCUT2D eigenvalue weighted by molar-refractivity contribution is 0.201. The summed E-state index contributed by atoms with van der Waals surface area (Å²) in [6.45, 7) is 1.75. The van der Waals surface area contributed by atoms with Crippen LogP contribution in [0, 0.1) is 0 Å². The smallest absolute Gasteiger partial charge is 0.0769 e. The third kappa shape index (κ3) is 0.987. The molecule has 0 saturated carbocycles. The van der Waals surface area contributed by atoms with Crippen LogP contribution in [-0.4, -0.2) is 15.3 Å². The molecule has 0 bridgehead atoms. The van der Waals surface area contributed by atoms with Crippen LogP contribution in [-0.2, 0) is 0 Å². The first kappa shape index (κ1) is 7.31. The zero-order chi connectivity index (χ0) is 8.55. The molecule has 1 heterocycles. The Morgan fingerprint density at radius 3 is 3.08 bits per heavy atom. The minimum atomic E-state index is -0.439. The lowest BCUT2D eigenvalue weighted by Gasteiger charge is -2.04. The normalized spacial score (nSPS) is 13.5. The summed E-state index contributed by atoms with van der Waals surface area (Å²) < 4.78 is 0. The molecule has 0 aliphatic heterocycles. The van der Waals surface area contributed by atoms with Gasteiger partial charge < -0.3 is 5.11 Å². The molecule has 1 aromatic carbocycles. The molecule has 0 aliphatic carbocycles. The molecule has 2 aromatic rings. The van der Waals surface area contributed by atoms with Crippen LogP contribution < -0.4 is 0 Å². The highest BCUT2D eigenvalue weighted by molar-refractivity contribution is 5.81. The molecule has 2 rings (SSSR count). The summed E-state index contributed by atoms with van der Waals surface area (Å²) in [5.41, 5.74) is 1.88. The number of aromatic amines is 1. The van der Waals surface area contributed by atoms with E-state index in [2.05, 4.69) is 10.2 Å². The van der Waals surface area contributed by atoms with Crippen molar-refractivity contribution in [3.8, 4) is 0 Å². The predicted molar refractivity (Wildman–Crippen MR) is 46.7 cm³/mol. The molecule has 1 unspecified atom stereocenters. The molecule has 0 radical (unpaired) electrons. The lowest BCUT2D eigenvalue weighted by Crippen LogP contribution is -1.90. The summed E-state index contributed by atoms with van der Waals surface area (Å²) in [5, 5.41) is 17.2. The molecule has 0 saturated heterocycles. The number of benzene rings is 1. The van der Waals surface area contributed by atoms with Crippen molar-refractivity contribution in [3.05, 3.63) is 30.0 Å². The Morgan fingerprint density at radius 1 is 1.50 bits per heavy atom. The van der Waals surface area contributed by atoms with Crippen LogP contribution in [0.1, 0.15) is 18.6 Å². The second-order valence-corrected chi connectivity index (χ2v) is 2.85. The summed E-state index contributed by atoms with van der Waals surface area (Å²) in [6.07, 6.45) is 1.29. The number of aliphatic hydroxyl groups excluding tert-OH is 1. The number of H-pyrrole nitrogens is 1. The molecular weight excluding hydrogens is 152 g/mol. The summed E-state index contributed by atoms with van der Waals surface area (Å²) in [6, 6.07) is 5.75. The average Bonchev–Trinajstić information content (AvgIpc) is 2.49. The number of aliphatic hydroxyl groups is 1. The highest BCUT2D eigenvalue weighted by Gasteiger charge is 2.05. The van der Waals surface area contributed by atoms with E-state index >= 15 is 0 Å². The predicted octanol–water partition coefficient (Wildman–Crippen LogP) is 1.62. The van der Waals surface area contributed by atoms with Gasteiger partial charge in [-0.15, -0.1) is 0 Å². The largest absolute Gasteiger partial charge is 0.389 e. The van der Waals surface area contributed by atoms with Gasteiger partial charge in [0.25, 0.3) is 0 Å². The fourth-order valence-corrected chi connectivity index (χ4v) is 1.36. The van der Waals surface area contributed by atoms with E-state index in [4.69, 9.17) is 0 Å². The number of hydrogen-bond donors (Lipinski definition) is 2. The van der Waals surface area contributed by atoms with Crippen molar-refractivity contribution >= 4 is 10.9 Å². The van der Waals surface area contributed by atoms with Crippen molar-refractivity contribution in [3.63, 3.8) is 0 Å². The van der Waals surface area contributed by atoms with Gasteiger partial charge in [-0.3, -0.25) is 5.10 Å². The second kappa shape index (κ2) is 2.60. The highest BCUT2D eigenvalue weighted by atomic mass is 16.3. The Kier molecular flexibility index (Phi) is 1.59. The van der Waals surface area contributed by atoms with Crippen molar-refractivity contribution in [1.29, 1.82) is 0 Å². The Hall–Kier alpha value is -1.35. The number of fused-ring (bicyclic) bond motifs is 1. The van der Waals surface area contributed by atoms with Gasteiger partial charge in [-0.2, -0.15) is 5.10 Å². The van der Waals surface area contributed by atoms with Gasteiger partial charge in [0.05, 0.1) is 17.8 Å². The third-order valence-electron chi connectivity index (χ3n) is 1.97. The first-order valence-corrected chi connectivity index (χ1v) is 3.89. The standard InChI is InChI=1S/C9H10N2O/c1-6(12)7-3-2-4-9-8(7)5-10-11-9/h2-6,12H,1H3,(H,10,11). The maximum Gasteiger partial charge on any atom is 0.0769 e. The number of nitrogens with one attached hydrogen (secondary N) is 1. The molecule has 3 heteroatoms. The van der Waals surface area contributed by atoms with Crippen molar-refractivity contribution in [1.82, 2.24) is 10.2 Å². The van der Waals surface area contributed by atoms with Gasteiger partial charge in [0.2, 0.25) is 0 Å². The summed E-state index contributed by atoms with van der Waals surface area (Å²) >= 11 is 0. The number of hydrogen-bond acceptors (Lipinski definition) is 2. The molecule has 62 valence electrons. The molecule has 2 N–H and O–H groups in total. The van der Waals surface area contributed by atoms with Crippen LogP contribution in [0.5, 0.6) is 0 Å². The van der Waals surface area contributed by atoms with E-state index < -0.39 is 6.10 Å². The van der Waals surface area contributed by atoms with Crippen LogP contribution in [0.25, 0.3) is 10.9 Å². The Balaban J connectivity index is 2.73. The van der Waals surface area contributed by atoms with Gasteiger partial charge in [0.15, 0.2) is 0 Å². The van der Waals surface area contributed by atoms with Crippen molar-refractivity contribution < 1.29 is 5.11 Å². The highest BCUT2D eigenvalue weighted by Crippen LogP contribution is 2.21. The van der Waals surface area contributed by atoms with Crippen LogP contribution >= 0.6 is 0 Å². The minimum Gasteiger partial charge on any atom is -0.389 e. The van der Waals surface area contributed by atoms with E-state index in [0.717, 1.165) is 16.5 Å². The summed E-state index contributed by atoms with van der Waals surface area (Å²) in [5.74, 6) is 0. The topological polar surface area (TPSA) is 48.9 Å². The summed E-state index contributed by atoms with van der Waals surface area (Å²) in [7, 11) is 0. The van der Waals surface area contributed by atoms with E-state index in [0.29, 0.717) is 0 Å². The average molecular weight is 162 g/mol. The third-order valence-corrected chi connectivity index (χ3v) is 1.97. The van der Waals surface area contributed by atoms with Crippen LogP contribution in [0.3, 0.4) is 0 Å². The zero-order valence-corrected chi connectivity index (χ0v) is 6.78. The first-order valence-electron chi connectivity index (χ1n) is 3.89. The second-order valence-electron chi connectivity index (χ2n) is 2.85. The molecule has 0 amide bonds. The van der Waals surface area contributed by atoms with Crippen molar-refractivity contribution in [2.45, 2.75) is 13.0 Å². The molecule has 0 spiro atoms. The molecule has 3 nitrogen and oxygen atoms in total. The Labute approximate surface area is 70.0 Å². The van der Waals surface area contributed by atoms with Crippen LogP contribution in [0.2, 0.25) is 0 Å². The SMILES string of the molecule is CC(O)c1cccc2[nH]ncc12.